The first-order valence-corrected chi connectivity index (χ1v) is 5.33. The molecule has 1 aromatic rings. The molecule has 0 aromatic heterocycles. The van der Waals surface area contributed by atoms with E-state index in [4.69, 9.17) is 9.84 Å². The molecule has 0 fully saturated rings. The van der Waals surface area contributed by atoms with Gasteiger partial charge in [-0.1, -0.05) is 37.3 Å². The number of ether oxygens (including phenoxy) is 1. The molecule has 0 radical (unpaired) electrons. The summed E-state index contributed by atoms with van der Waals surface area (Å²) in [5.74, 6) is -1.07. The van der Waals surface area contributed by atoms with E-state index in [1.165, 1.54) is 0 Å². The largest absolute Gasteiger partial charge is 0.480 e. The van der Waals surface area contributed by atoms with Crippen molar-refractivity contribution in [2.75, 3.05) is 0 Å². The van der Waals surface area contributed by atoms with Crippen LogP contribution < -0.4 is 5.32 Å². The fourth-order valence-electron chi connectivity index (χ4n) is 1.25. The second kappa shape index (κ2) is 6.52. The van der Waals surface area contributed by atoms with E-state index in [1.54, 1.807) is 6.92 Å². The normalized spacial score (nSPS) is 11.6. The first-order valence-electron chi connectivity index (χ1n) is 5.33. The van der Waals surface area contributed by atoms with Gasteiger partial charge in [-0.3, -0.25) is 0 Å². The smallest absolute Gasteiger partial charge is 0.408 e. The maximum absolute atomic E-state index is 11.3. The molecule has 0 unspecified atom stereocenters. The van der Waals surface area contributed by atoms with Crippen molar-refractivity contribution >= 4 is 12.1 Å². The number of rotatable bonds is 5. The molecule has 0 aliphatic rings. The van der Waals surface area contributed by atoms with Gasteiger partial charge in [-0.05, 0) is 12.0 Å². The fraction of sp³-hybridized carbons (Fsp3) is 0.333. The molecule has 0 spiro atoms. The number of alkyl carbamates (subject to hydrolysis) is 1. The predicted octanol–water partition coefficient (Wildman–Crippen LogP) is 1.78. The maximum atomic E-state index is 11.3. The van der Waals surface area contributed by atoms with Gasteiger partial charge in [0.05, 0.1) is 0 Å². The lowest BCUT2D eigenvalue weighted by Gasteiger charge is -2.12. The average molecular weight is 237 g/mol. The van der Waals surface area contributed by atoms with E-state index in [1.807, 2.05) is 30.3 Å². The molecule has 1 amide bonds. The highest BCUT2D eigenvalue weighted by atomic mass is 16.5. The molecular weight excluding hydrogens is 222 g/mol. The Labute approximate surface area is 99.4 Å². The molecule has 1 atom stereocenters. The monoisotopic (exact) mass is 237 g/mol. The summed E-state index contributed by atoms with van der Waals surface area (Å²) in [6.07, 6.45) is -0.404. The molecule has 0 bridgehead atoms. The quantitative estimate of drug-likeness (QED) is 0.818. The summed E-state index contributed by atoms with van der Waals surface area (Å²) in [7, 11) is 0. The molecule has 2 N–H and O–H groups in total. The Morgan fingerprint density at radius 2 is 2.00 bits per heavy atom. The molecule has 17 heavy (non-hydrogen) atoms. The third-order valence-electron chi connectivity index (χ3n) is 2.21. The summed E-state index contributed by atoms with van der Waals surface area (Å²) in [5.41, 5.74) is 0.853. The van der Waals surface area contributed by atoms with E-state index in [-0.39, 0.29) is 6.61 Å². The minimum absolute atomic E-state index is 0.128. The van der Waals surface area contributed by atoms with Crippen molar-refractivity contribution in [2.24, 2.45) is 0 Å². The Morgan fingerprint density at radius 1 is 1.35 bits per heavy atom. The molecule has 0 heterocycles. The zero-order valence-electron chi connectivity index (χ0n) is 9.55. The number of hydrogen-bond donors (Lipinski definition) is 2. The van der Waals surface area contributed by atoms with Crippen LogP contribution in [0.4, 0.5) is 4.79 Å². The van der Waals surface area contributed by atoms with E-state index in [0.717, 1.165) is 5.56 Å². The Kier molecular flexibility index (Phi) is 5.00. The van der Waals surface area contributed by atoms with E-state index in [0.29, 0.717) is 6.42 Å². The van der Waals surface area contributed by atoms with Crippen molar-refractivity contribution in [3.8, 4) is 0 Å². The van der Waals surface area contributed by atoms with E-state index < -0.39 is 18.1 Å². The molecular formula is C12H15NO4. The van der Waals surface area contributed by atoms with Gasteiger partial charge < -0.3 is 15.2 Å². The standard InChI is InChI=1S/C12H15NO4/c1-2-10(11(14)15)13-12(16)17-8-9-6-4-3-5-7-9/h3-7,10H,2,8H2,1H3,(H,13,16)(H,14,15)/t10-/m1/s1. The predicted molar refractivity (Wildman–Crippen MR) is 61.5 cm³/mol. The van der Waals surface area contributed by atoms with Crippen molar-refractivity contribution in [3.05, 3.63) is 35.9 Å². The number of carbonyl (C=O) groups is 2. The van der Waals surface area contributed by atoms with Gasteiger partial charge in [0.15, 0.2) is 0 Å². The number of carboxylic acids is 1. The molecule has 0 aliphatic carbocycles. The molecule has 0 aliphatic heterocycles. The fourth-order valence-corrected chi connectivity index (χ4v) is 1.25. The van der Waals surface area contributed by atoms with Gasteiger partial charge in [-0.15, -0.1) is 0 Å². The van der Waals surface area contributed by atoms with Gasteiger partial charge in [0.1, 0.15) is 12.6 Å². The van der Waals surface area contributed by atoms with Crippen LogP contribution in [0.2, 0.25) is 0 Å². The first-order chi connectivity index (χ1) is 8.13. The molecule has 0 saturated carbocycles. The lowest BCUT2D eigenvalue weighted by molar-refractivity contribution is -0.139. The topological polar surface area (TPSA) is 75.6 Å². The third-order valence-corrected chi connectivity index (χ3v) is 2.21. The number of carbonyl (C=O) groups excluding carboxylic acids is 1. The molecule has 1 aromatic carbocycles. The van der Waals surface area contributed by atoms with Crippen LogP contribution in [0.1, 0.15) is 18.9 Å². The van der Waals surface area contributed by atoms with Gasteiger partial charge in [0.2, 0.25) is 0 Å². The van der Waals surface area contributed by atoms with Gasteiger partial charge >= 0.3 is 12.1 Å². The third kappa shape index (κ3) is 4.55. The number of hydrogen-bond acceptors (Lipinski definition) is 3. The minimum atomic E-state index is -1.07. The van der Waals surface area contributed by atoms with Crippen LogP contribution >= 0.6 is 0 Å². The summed E-state index contributed by atoms with van der Waals surface area (Å²) in [5, 5.41) is 11.0. The van der Waals surface area contributed by atoms with E-state index in [9.17, 15) is 9.59 Å². The average Bonchev–Trinajstić information content (AvgIpc) is 2.34. The van der Waals surface area contributed by atoms with Crippen molar-refractivity contribution < 1.29 is 19.4 Å². The van der Waals surface area contributed by atoms with Crippen molar-refractivity contribution in [1.29, 1.82) is 0 Å². The van der Waals surface area contributed by atoms with Crippen molar-refractivity contribution in [1.82, 2.24) is 5.32 Å². The summed E-state index contributed by atoms with van der Waals surface area (Å²) < 4.78 is 4.90. The number of carboxylic acid groups (broad SMARTS) is 1. The highest BCUT2D eigenvalue weighted by Crippen LogP contribution is 2.01. The number of amides is 1. The second-order valence-electron chi connectivity index (χ2n) is 3.51. The molecule has 5 nitrogen and oxygen atoms in total. The van der Waals surface area contributed by atoms with Gasteiger partial charge in [0.25, 0.3) is 0 Å². The lowest BCUT2D eigenvalue weighted by atomic mass is 10.2. The highest BCUT2D eigenvalue weighted by Gasteiger charge is 2.17. The highest BCUT2D eigenvalue weighted by molar-refractivity contribution is 5.79. The summed E-state index contributed by atoms with van der Waals surface area (Å²) in [4.78, 5) is 22.0. The van der Waals surface area contributed by atoms with Crippen LogP contribution in [0.25, 0.3) is 0 Å². The molecule has 1 rings (SSSR count). The minimum Gasteiger partial charge on any atom is -0.480 e. The van der Waals surface area contributed by atoms with E-state index in [2.05, 4.69) is 5.32 Å². The summed E-state index contributed by atoms with van der Waals surface area (Å²) >= 11 is 0. The van der Waals surface area contributed by atoms with Crippen molar-refractivity contribution in [2.45, 2.75) is 26.0 Å². The Hall–Kier alpha value is -2.04. The van der Waals surface area contributed by atoms with Crippen LogP contribution in [0.3, 0.4) is 0 Å². The van der Waals surface area contributed by atoms with Crippen LogP contribution in [0, 0.1) is 0 Å². The summed E-state index contributed by atoms with van der Waals surface area (Å²) in [6.45, 7) is 1.80. The lowest BCUT2D eigenvalue weighted by Crippen LogP contribution is -2.40. The number of nitrogens with one attached hydrogen (secondary N) is 1. The van der Waals surface area contributed by atoms with Gasteiger partial charge in [0, 0.05) is 0 Å². The Balaban J connectivity index is 2.37. The first kappa shape index (κ1) is 13.0. The van der Waals surface area contributed by atoms with Crippen molar-refractivity contribution in [3.63, 3.8) is 0 Å². The maximum Gasteiger partial charge on any atom is 0.408 e. The van der Waals surface area contributed by atoms with Gasteiger partial charge in [-0.25, -0.2) is 9.59 Å². The number of aliphatic carboxylic acids is 1. The van der Waals surface area contributed by atoms with Crippen LogP contribution in [0.5, 0.6) is 0 Å². The molecule has 92 valence electrons. The molecule has 5 heteroatoms. The second-order valence-corrected chi connectivity index (χ2v) is 3.51. The zero-order valence-corrected chi connectivity index (χ0v) is 9.55. The van der Waals surface area contributed by atoms with Crippen LogP contribution in [0.15, 0.2) is 30.3 Å². The van der Waals surface area contributed by atoms with Gasteiger partial charge in [-0.2, -0.15) is 0 Å². The Bertz CT molecular complexity index is 377. The SMILES string of the molecule is CC[C@@H](NC(=O)OCc1ccccc1)C(=O)O. The van der Waals surface area contributed by atoms with E-state index >= 15 is 0 Å². The van der Waals surface area contributed by atoms with Crippen LogP contribution in [-0.2, 0) is 16.1 Å². The summed E-state index contributed by atoms with van der Waals surface area (Å²) in [6, 6.07) is 8.27. The van der Waals surface area contributed by atoms with Crippen LogP contribution in [-0.4, -0.2) is 23.2 Å². The Morgan fingerprint density at radius 3 is 2.53 bits per heavy atom. The zero-order chi connectivity index (χ0) is 12.7. The molecule has 0 saturated heterocycles. The number of benzene rings is 1.